The largest absolute Gasteiger partial charge is 0.422 e. The lowest BCUT2D eigenvalue weighted by Crippen LogP contribution is -2.42. The van der Waals surface area contributed by atoms with Crippen molar-refractivity contribution in [3.05, 3.63) is 72.5 Å². The van der Waals surface area contributed by atoms with E-state index >= 15 is 0 Å². The number of nitrogens with zero attached hydrogens (tertiary/aromatic N) is 15. The molecule has 7 aromatic rings. The Morgan fingerprint density at radius 2 is 0.857 bits per heavy atom. The molecule has 6 saturated heterocycles. The lowest BCUT2D eigenvalue weighted by molar-refractivity contribution is -0.129. The first-order chi connectivity index (χ1) is 36.7. The number of aromatic nitrogens is 9. The molecule has 3 amide bonds. The lowest BCUT2D eigenvalue weighted by atomic mass is 9.77. The van der Waals surface area contributed by atoms with Crippen LogP contribution < -0.4 is 14.7 Å². The zero-order chi connectivity index (χ0) is 52.8. The van der Waals surface area contributed by atoms with Crippen LogP contribution in [0.2, 0.25) is 0 Å². The van der Waals surface area contributed by atoms with Crippen molar-refractivity contribution in [1.82, 2.24) is 59.6 Å². The number of likely N-dealkylation sites (tertiary alicyclic amines) is 3. The van der Waals surface area contributed by atoms with Crippen LogP contribution in [0.25, 0.3) is 33.7 Å². The Morgan fingerprint density at radius 3 is 1.22 bits per heavy atom. The number of rotatable bonds is 8. The van der Waals surface area contributed by atoms with Crippen LogP contribution in [0.3, 0.4) is 0 Å². The van der Waals surface area contributed by atoms with Gasteiger partial charge in [0.15, 0.2) is 51.7 Å². The second-order valence-corrected chi connectivity index (χ2v) is 22.6. The molecule has 6 fully saturated rings. The van der Waals surface area contributed by atoms with Gasteiger partial charge in [0.1, 0.15) is 19.0 Å². The van der Waals surface area contributed by atoms with Crippen molar-refractivity contribution in [3.8, 4) is 0 Å². The molecule has 1 aromatic carbocycles. The molecule has 408 valence electrons. The number of fused-ring (bicyclic) bond motifs is 3. The molecule has 0 bridgehead atoms. The maximum atomic E-state index is 12.7. The monoisotopic (exact) mass is 1050 g/mol. The van der Waals surface area contributed by atoms with E-state index < -0.39 is 0 Å². The van der Waals surface area contributed by atoms with Crippen molar-refractivity contribution < 1.29 is 27.6 Å². The van der Waals surface area contributed by atoms with Crippen LogP contribution in [-0.4, -0.2) is 149 Å². The van der Waals surface area contributed by atoms with Crippen LogP contribution in [0, 0.1) is 42.9 Å². The Hall–Kier alpha value is -7.32. The zero-order valence-corrected chi connectivity index (χ0v) is 44.7. The summed E-state index contributed by atoms with van der Waals surface area (Å²) in [6.45, 7) is 22.2. The Morgan fingerprint density at radius 1 is 0.506 bits per heavy atom. The molecule has 6 aliphatic heterocycles. The summed E-state index contributed by atoms with van der Waals surface area (Å²) < 4.78 is 16.5. The smallest absolute Gasteiger partial charge is 0.252 e. The maximum absolute atomic E-state index is 12.7. The van der Waals surface area contributed by atoms with E-state index in [-0.39, 0.29) is 29.6 Å². The third-order valence-electron chi connectivity index (χ3n) is 16.6. The van der Waals surface area contributed by atoms with E-state index in [1.165, 1.54) is 24.5 Å². The van der Waals surface area contributed by atoms with Gasteiger partial charge in [-0.15, -0.1) is 0 Å². The number of piperidine rings is 3. The van der Waals surface area contributed by atoms with Gasteiger partial charge < -0.3 is 42.7 Å². The molecule has 21 nitrogen and oxygen atoms in total. The molecule has 21 heteroatoms. The minimum absolute atomic E-state index is 0. The molecule has 3 spiro atoms. The number of hydrogen-bond donors (Lipinski definition) is 0. The molecule has 0 atom stereocenters. The van der Waals surface area contributed by atoms with Crippen LogP contribution in [0.4, 0.5) is 17.5 Å². The first-order valence-electron chi connectivity index (χ1n) is 27.0. The van der Waals surface area contributed by atoms with Gasteiger partial charge in [0.25, 0.3) is 17.1 Å². The summed E-state index contributed by atoms with van der Waals surface area (Å²) in [5, 5.41) is 0. The number of benzene rings is 1. The minimum Gasteiger partial charge on any atom is -0.422 e. The Balaban J connectivity index is 0.000000131. The summed E-state index contributed by atoms with van der Waals surface area (Å²) in [4.78, 5) is 89.0. The Kier molecular flexibility index (Phi) is 14.9. The molecule has 0 radical (unpaired) electrons. The molecule has 0 saturated carbocycles. The molecule has 0 aliphatic carbocycles. The second-order valence-electron chi connectivity index (χ2n) is 22.6. The molecule has 0 unspecified atom stereocenters. The average Bonchev–Trinajstić information content (AvgIpc) is 4.28. The lowest BCUT2D eigenvalue weighted by Gasteiger charge is -2.39. The molecule has 12 heterocycles. The van der Waals surface area contributed by atoms with Crippen molar-refractivity contribution in [3.63, 3.8) is 0 Å². The summed E-state index contributed by atoms with van der Waals surface area (Å²) >= 11 is 0. The highest BCUT2D eigenvalue weighted by molar-refractivity contribution is 5.84. The van der Waals surface area contributed by atoms with Gasteiger partial charge in [-0.1, -0.05) is 51.6 Å². The van der Waals surface area contributed by atoms with E-state index in [0.29, 0.717) is 78.4 Å². The SMILES string of the molecule is C.CCN1CC2(CCN(c3ncnc4oc(C)nc34)CC2)CC1=O.Cc1nc2c(N3CCC4(CC3)CC(=O)N(CC(C)C)C4)ncnc2o1.Cc1nc2c(N3CCC4(CC3)CC(=O)N(Cc3ccccc3)C4)ncnc2o1. The predicted molar refractivity (Wildman–Crippen MR) is 291 cm³/mol. The standard InChI is InChI=1S/C21H23N5O2.C18H25N5O2.C16H21N5O2.CH4/c1-15-24-18-19(22-14-23-20(18)28-15)25-9-7-21(8-10-25)11-17(27)26(13-21)12-16-5-3-2-4-6-16;1-12(2)9-23-10-18(8-14(23)24)4-6-22(7-5-18)16-15-17(20-11-19-16)25-13(3)21-15;1-3-20-9-16(8-12(20)22)4-6-21(7-5-16)14-13-15(18-10-17-14)23-11(2)19-13;/h2-6,14H,7-13H2,1H3;11-12H,4-10H2,1-3H3;10H,3-9H2,1-2H3;1H4. The summed E-state index contributed by atoms with van der Waals surface area (Å²) in [6, 6.07) is 10.2. The number of carbonyl (C=O) groups is 3. The van der Waals surface area contributed by atoms with Crippen molar-refractivity contribution in [2.24, 2.45) is 22.2 Å². The summed E-state index contributed by atoms with van der Waals surface area (Å²) in [5.74, 6) is 5.75. The topological polar surface area (TPSA) is 226 Å². The summed E-state index contributed by atoms with van der Waals surface area (Å²) in [6.07, 6.45) is 12.6. The fourth-order valence-electron chi connectivity index (χ4n) is 12.6. The third-order valence-corrected chi connectivity index (χ3v) is 16.6. The van der Waals surface area contributed by atoms with Crippen LogP contribution in [-0.2, 0) is 20.9 Å². The van der Waals surface area contributed by atoms with Crippen LogP contribution >= 0.6 is 0 Å². The van der Waals surface area contributed by atoms with Gasteiger partial charge in [0.05, 0.1) is 0 Å². The van der Waals surface area contributed by atoms with E-state index in [2.05, 4.69) is 97.4 Å². The molecule has 0 N–H and O–H groups in total. The molecular formula is C56H73N15O6. The fourth-order valence-corrected chi connectivity index (χ4v) is 12.6. The normalized spacial score (nSPS) is 19.8. The summed E-state index contributed by atoms with van der Waals surface area (Å²) in [7, 11) is 0. The third kappa shape index (κ3) is 11.0. The van der Waals surface area contributed by atoms with Crippen LogP contribution in [0.1, 0.15) is 109 Å². The van der Waals surface area contributed by atoms with Crippen LogP contribution in [0.15, 0.2) is 62.6 Å². The number of oxazole rings is 3. The molecule has 6 aromatic heterocycles. The van der Waals surface area contributed by atoms with Gasteiger partial charge >= 0.3 is 0 Å². The van der Waals surface area contributed by atoms with Gasteiger partial charge in [-0.3, -0.25) is 14.4 Å². The van der Waals surface area contributed by atoms with Gasteiger partial charge in [-0.2, -0.15) is 15.0 Å². The van der Waals surface area contributed by atoms with Gasteiger partial charge in [0.2, 0.25) is 17.7 Å². The van der Waals surface area contributed by atoms with Crippen molar-refractivity contribution in [2.45, 2.75) is 113 Å². The average molecular weight is 1050 g/mol. The fraction of sp³-hybridized carbons (Fsp3) is 0.571. The van der Waals surface area contributed by atoms with E-state index in [0.717, 1.165) is 145 Å². The number of hydrogen-bond acceptors (Lipinski definition) is 18. The minimum atomic E-state index is 0. The first kappa shape index (κ1) is 53.1. The quantitative estimate of drug-likeness (QED) is 0.142. The molecule has 13 rings (SSSR count). The van der Waals surface area contributed by atoms with Gasteiger partial charge in [-0.25, -0.2) is 29.9 Å². The zero-order valence-electron chi connectivity index (χ0n) is 44.7. The van der Waals surface area contributed by atoms with E-state index in [1.807, 2.05) is 48.8 Å². The van der Waals surface area contributed by atoms with E-state index in [9.17, 15) is 14.4 Å². The highest BCUT2D eigenvalue weighted by Gasteiger charge is 2.47. The Labute approximate surface area is 449 Å². The number of carbonyl (C=O) groups excluding carboxylic acids is 3. The predicted octanol–water partition coefficient (Wildman–Crippen LogP) is 7.75. The number of aryl methyl sites for hydroxylation is 3. The Bertz CT molecular complexity index is 3220. The highest BCUT2D eigenvalue weighted by Crippen LogP contribution is 2.45. The van der Waals surface area contributed by atoms with Crippen molar-refractivity contribution in [1.29, 1.82) is 0 Å². The van der Waals surface area contributed by atoms with Crippen molar-refractivity contribution >= 4 is 68.9 Å². The number of amides is 3. The van der Waals surface area contributed by atoms with E-state index in [4.69, 9.17) is 13.3 Å². The first-order valence-corrected chi connectivity index (χ1v) is 27.0. The van der Waals surface area contributed by atoms with Crippen molar-refractivity contribution in [2.75, 3.05) is 86.7 Å². The molecule has 77 heavy (non-hydrogen) atoms. The number of anilines is 3. The summed E-state index contributed by atoms with van der Waals surface area (Å²) in [5.41, 5.74) is 5.37. The highest BCUT2D eigenvalue weighted by atomic mass is 16.4. The van der Waals surface area contributed by atoms with Crippen LogP contribution in [0.5, 0.6) is 0 Å². The van der Waals surface area contributed by atoms with E-state index in [1.54, 1.807) is 0 Å². The maximum Gasteiger partial charge on any atom is 0.252 e. The molecule has 6 aliphatic rings. The van der Waals surface area contributed by atoms with Gasteiger partial charge in [0, 0.05) is 135 Å². The van der Waals surface area contributed by atoms with Gasteiger partial charge in [-0.05, 0) is 56.9 Å². The molecular weight excluding hydrogens is 979 g/mol. The second kappa shape index (κ2) is 21.6.